The number of thiazole rings is 1. The minimum atomic E-state index is -0.807. The van der Waals surface area contributed by atoms with E-state index in [1.54, 1.807) is 24.3 Å². The van der Waals surface area contributed by atoms with Gasteiger partial charge in [0.2, 0.25) is 0 Å². The molecule has 1 aliphatic rings. The molecule has 1 aromatic heterocycles. The Hall–Kier alpha value is -3.97. The van der Waals surface area contributed by atoms with Crippen LogP contribution in [0.2, 0.25) is 0 Å². The first kappa shape index (κ1) is 24.7. The van der Waals surface area contributed by atoms with Gasteiger partial charge in [-0.15, -0.1) is 0 Å². The average Bonchev–Trinajstić information content (AvgIpc) is 3.42. The fraction of sp³-hybridized carbons (Fsp3) is 0.233. The van der Waals surface area contributed by atoms with Gasteiger partial charge in [0.1, 0.15) is 11.5 Å². The van der Waals surface area contributed by atoms with Gasteiger partial charge in [-0.25, -0.2) is 4.98 Å². The first-order valence-corrected chi connectivity index (χ1v) is 13.1. The number of carbonyl (C=O) groups excluding carboxylic acids is 2. The predicted octanol–water partition coefficient (Wildman–Crippen LogP) is 6.64. The fourth-order valence-electron chi connectivity index (χ4n) is 4.64. The number of carbonyl (C=O) groups is 2. The number of Topliss-reactive ketones (excluding diaryl/α,β-unsaturated/α-hetero) is 1. The first-order chi connectivity index (χ1) is 17.8. The lowest BCUT2D eigenvalue weighted by molar-refractivity contribution is -0.132. The molecule has 1 fully saturated rings. The quantitative estimate of drug-likeness (QED) is 0.178. The number of amides is 1. The summed E-state index contributed by atoms with van der Waals surface area (Å²) < 4.78 is 6.59. The topological polar surface area (TPSA) is 79.7 Å². The lowest BCUT2D eigenvalue weighted by Gasteiger charge is -2.23. The molecule has 1 saturated heterocycles. The average molecular weight is 513 g/mol. The lowest BCUT2D eigenvalue weighted by atomic mass is 9.95. The van der Waals surface area contributed by atoms with Crippen molar-refractivity contribution in [3.8, 4) is 5.75 Å². The van der Waals surface area contributed by atoms with E-state index < -0.39 is 17.7 Å². The van der Waals surface area contributed by atoms with Gasteiger partial charge in [0, 0.05) is 5.56 Å². The number of hydrogen-bond donors (Lipinski definition) is 1. The van der Waals surface area contributed by atoms with Crippen LogP contribution in [0.5, 0.6) is 5.75 Å². The number of aryl methyl sites for hydroxylation is 3. The summed E-state index contributed by atoms with van der Waals surface area (Å²) in [5.74, 6) is -0.985. The molecule has 1 unspecified atom stereocenters. The fourth-order valence-corrected chi connectivity index (χ4v) is 5.81. The number of benzene rings is 3. The van der Waals surface area contributed by atoms with Crippen molar-refractivity contribution in [2.75, 3.05) is 11.5 Å². The SMILES string of the molecule is CCCOc1ccc(/C(O)=C2\C(=O)C(=O)N(c3nc4c(C)cc(C)cc4s3)C2c2ccc(C)cc2)cc1. The summed E-state index contributed by atoms with van der Waals surface area (Å²) in [7, 11) is 0. The number of anilines is 1. The van der Waals surface area contributed by atoms with Gasteiger partial charge in [-0.2, -0.15) is 0 Å². The second-order valence-electron chi connectivity index (χ2n) is 9.38. The molecule has 4 aromatic rings. The molecule has 0 spiro atoms. The highest BCUT2D eigenvalue weighted by molar-refractivity contribution is 7.22. The summed E-state index contributed by atoms with van der Waals surface area (Å²) in [6, 6.07) is 17.8. The molecule has 1 aliphatic heterocycles. The number of fused-ring (bicyclic) bond motifs is 1. The molecule has 3 aromatic carbocycles. The third-order valence-electron chi connectivity index (χ3n) is 6.46. The number of rotatable bonds is 6. The number of aromatic nitrogens is 1. The highest BCUT2D eigenvalue weighted by Gasteiger charge is 2.48. The van der Waals surface area contributed by atoms with Crippen molar-refractivity contribution in [3.63, 3.8) is 0 Å². The highest BCUT2D eigenvalue weighted by atomic mass is 32.1. The smallest absolute Gasteiger partial charge is 0.301 e. The molecule has 188 valence electrons. The van der Waals surface area contributed by atoms with Crippen molar-refractivity contribution >= 4 is 44.1 Å². The summed E-state index contributed by atoms with van der Waals surface area (Å²) in [5, 5.41) is 11.8. The van der Waals surface area contributed by atoms with Gasteiger partial charge in [-0.3, -0.25) is 14.5 Å². The van der Waals surface area contributed by atoms with E-state index in [0.29, 0.717) is 23.1 Å². The van der Waals surface area contributed by atoms with Crippen LogP contribution >= 0.6 is 11.3 Å². The van der Waals surface area contributed by atoms with Crippen molar-refractivity contribution < 1.29 is 19.4 Å². The van der Waals surface area contributed by atoms with Crippen LogP contribution in [-0.4, -0.2) is 28.4 Å². The summed E-state index contributed by atoms with van der Waals surface area (Å²) in [5.41, 5.74) is 5.17. The zero-order valence-electron chi connectivity index (χ0n) is 21.2. The summed E-state index contributed by atoms with van der Waals surface area (Å²) >= 11 is 1.37. The van der Waals surface area contributed by atoms with Crippen LogP contribution in [0.25, 0.3) is 16.0 Å². The Morgan fingerprint density at radius 2 is 1.70 bits per heavy atom. The third-order valence-corrected chi connectivity index (χ3v) is 7.46. The van der Waals surface area contributed by atoms with E-state index in [-0.39, 0.29) is 11.3 Å². The van der Waals surface area contributed by atoms with Gasteiger partial charge in [0.25, 0.3) is 5.78 Å². The maximum atomic E-state index is 13.5. The van der Waals surface area contributed by atoms with Crippen molar-refractivity contribution in [2.24, 2.45) is 0 Å². The number of aliphatic hydroxyl groups is 1. The van der Waals surface area contributed by atoms with Crippen molar-refractivity contribution in [3.05, 3.63) is 94.1 Å². The molecular weight excluding hydrogens is 484 g/mol. The van der Waals surface area contributed by atoms with Crippen LogP contribution in [0.15, 0.2) is 66.2 Å². The highest BCUT2D eigenvalue weighted by Crippen LogP contribution is 2.44. The second-order valence-corrected chi connectivity index (χ2v) is 10.4. The third kappa shape index (κ3) is 4.51. The van der Waals surface area contributed by atoms with Gasteiger partial charge < -0.3 is 9.84 Å². The minimum absolute atomic E-state index is 0.0447. The maximum Gasteiger partial charge on any atom is 0.301 e. The molecule has 1 N–H and O–H groups in total. The Balaban J connectivity index is 1.66. The van der Waals surface area contributed by atoms with Crippen LogP contribution in [0.3, 0.4) is 0 Å². The van der Waals surface area contributed by atoms with E-state index >= 15 is 0 Å². The molecule has 0 saturated carbocycles. The summed E-state index contributed by atoms with van der Waals surface area (Å²) in [4.78, 5) is 33.1. The number of ether oxygens (including phenoxy) is 1. The standard InChI is InChI=1S/C30H28N2O4S/c1-5-14-36-22-12-10-21(11-13-22)27(33)24-26(20-8-6-17(2)7-9-20)32(29(35)28(24)34)30-31-25-19(4)15-18(3)16-23(25)37-30/h6-13,15-16,26,33H,5,14H2,1-4H3/b27-24+. The zero-order chi connectivity index (χ0) is 26.3. The molecule has 37 heavy (non-hydrogen) atoms. The largest absolute Gasteiger partial charge is 0.507 e. The monoisotopic (exact) mass is 512 g/mol. The number of hydrogen-bond acceptors (Lipinski definition) is 6. The van der Waals surface area contributed by atoms with Crippen LogP contribution in [-0.2, 0) is 9.59 Å². The maximum absolute atomic E-state index is 13.5. The van der Waals surface area contributed by atoms with E-state index in [1.807, 2.05) is 64.1 Å². The predicted molar refractivity (Wildman–Crippen MR) is 147 cm³/mol. The van der Waals surface area contributed by atoms with E-state index in [1.165, 1.54) is 16.2 Å². The molecule has 6 nitrogen and oxygen atoms in total. The van der Waals surface area contributed by atoms with Gasteiger partial charge in [-0.1, -0.05) is 54.2 Å². The Morgan fingerprint density at radius 1 is 1.00 bits per heavy atom. The number of nitrogens with zero attached hydrogens (tertiary/aromatic N) is 2. The molecule has 0 bridgehead atoms. The van der Waals surface area contributed by atoms with Gasteiger partial charge in [-0.05, 0) is 74.2 Å². The molecule has 1 amide bonds. The van der Waals surface area contributed by atoms with Crippen LogP contribution in [0.1, 0.15) is 47.2 Å². The summed E-state index contributed by atoms with van der Waals surface area (Å²) in [6.07, 6.45) is 0.882. The first-order valence-electron chi connectivity index (χ1n) is 12.3. The van der Waals surface area contributed by atoms with E-state index in [9.17, 15) is 14.7 Å². The Labute approximate surface area is 219 Å². The molecule has 1 atom stereocenters. The Kier molecular flexibility index (Phi) is 6.56. The normalized spacial score (nSPS) is 17.1. The molecule has 0 radical (unpaired) electrons. The second kappa shape index (κ2) is 9.82. The van der Waals surface area contributed by atoms with Crippen molar-refractivity contribution in [2.45, 2.75) is 40.2 Å². The Bertz CT molecular complexity index is 1530. The van der Waals surface area contributed by atoms with Crippen molar-refractivity contribution in [1.82, 2.24) is 4.98 Å². The van der Waals surface area contributed by atoms with E-state index in [2.05, 4.69) is 0 Å². The molecular formula is C30H28N2O4S. The molecule has 0 aliphatic carbocycles. The van der Waals surface area contributed by atoms with Gasteiger partial charge in [0.15, 0.2) is 5.13 Å². The minimum Gasteiger partial charge on any atom is -0.507 e. The summed E-state index contributed by atoms with van der Waals surface area (Å²) in [6.45, 7) is 8.59. The van der Waals surface area contributed by atoms with Crippen LogP contribution in [0.4, 0.5) is 5.13 Å². The number of aliphatic hydroxyl groups excluding tert-OH is 1. The molecule has 5 rings (SSSR count). The van der Waals surface area contributed by atoms with Crippen LogP contribution < -0.4 is 9.64 Å². The zero-order valence-corrected chi connectivity index (χ0v) is 22.1. The van der Waals surface area contributed by atoms with Crippen LogP contribution in [0, 0.1) is 20.8 Å². The molecule has 7 heteroatoms. The van der Waals surface area contributed by atoms with E-state index in [0.717, 1.165) is 38.9 Å². The number of ketones is 1. The van der Waals surface area contributed by atoms with Gasteiger partial charge in [0.05, 0.1) is 28.4 Å². The Morgan fingerprint density at radius 3 is 2.38 bits per heavy atom. The molecule has 2 heterocycles. The lowest BCUT2D eigenvalue weighted by Crippen LogP contribution is -2.29. The van der Waals surface area contributed by atoms with E-state index in [4.69, 9.17) is 9.72 Å². The van der Waals surface area contributed by atoms with Gasteiger partial charge >= 0.3 is 5.91 Å². The van der Waals surface area contributed by atoms with Crippen molar-refractivity contribution in [1.29, 1.82) is 0 Å².